The van der Waals surface area contributed by atoms with Gasteiger partial charge in [0.15, 0.2) is 5.78 Å². The molecule has 0 spiro atoms. The molecule has 0 atom stereocenters. The Balaban J connectivity index is 2.08. The van der Waals surface area contributed by atoms with E-state index in [2.05, 4.69) is 0 Å². The Hall–Kier alpha value is -2.65. The summed E-state index contributed by atoms with van der Waals surface area (Å²) in [5.41, 5.74) is 2.20. The van der Waals surface area contributed by atoms with E-state index in [0.717, 1.165) is 11.1 Å². The van der Waals surface area contributed by atoms with Crippen molar-refractivity contribution in [1.82, 2.24) is 0 Å². The highest BCUT2D eigenvalue weighted by Crippen LogP contribution is 2.12. The van der Waals surface area contributed by atoms with Gasteiger partial charge in [0.05, 0.1) is 6.61 Å². The lowest BCUT2D eigenvalue weighted by molar-refractivity contribution is -0.137. The molecule has 0 amide bonds. The molecule has 0 heterocycles. The molecule has 0 N–H and O–H groups in total. The van der Waals surface area contributed by atoms with Crippen LogP contribution in [0.15, 0.2) is 60.7 Å². The number of carbonyl (C=O) groups is 2. The second kappa shape index (κ2) is 8.85. The fourth-order valence-corrected chi connectivity index (χ4v) is 2.12. The predicted octanol–water partition coefficient (Wildman–Crippen LogP) is 4.81. The minimum Gasteiger partial charge on any atom is -0.463 e. The molecule has 0 radical (unpaired) electrons. The van der Waals surface area contributed by atoms with Crippen LogP contribution in [-0.4, -0.2) is 18.4 Å². The van der Waals surface area contributed by atoms with Crippen molar-refractivity contribution >= 4 is 35.5 Å². The van der Waals surface area contributed by atoms with Gasteiger partial charge in [0, 0.05) is 16.7 Å². The first kappa shape index (κ1) is 17.7. The molecule has 4 heteroatoms. The van der Waals surface area contributed by atoms with Crippen molar-refractivity contribution < 1.29 is 14.3 Å². The van der Waals surface area contributed by atoms with E-state index in [9.17, 15) is 9.59 Å². The van der Waals surface area contributed by atoms with E-state index in [0.29, 0.717) is 17.2 Å². The maximum absolute atomic E-state index is 12.2. The normalized spacial score (nSPS) is 11.1. The summed E-state index contributed by atoms with van der Waals surface area (Å²) in [6.45, 7) is 2.08. The van der Waals surface area contributed by atoms with Gasteiger partial charge in [-0.2, -0.15) is 0 Å². The molecule has 0 saturated heterocycles. The monoisotopic (exact) mass is 340 g/mol. The summed E-state index contributed by atoms with van der Waals surface area (Å²) in [6.07, 6.45) is 6.21. The van der Waals surface area contributed by atoms with Crippen LogP contribution in [0.3, 0.4) is 0 Å². The lowest BCUT2D eigenvalue weighted by atomic mass is 10.1. The number of hydrogen-bond donors (Lipinski definition) is 0. The van der Waals surface area contributed by atoms with E-state index in [1.54, 1.807) is 49.4 Å². The van der Waals surface area contributed by atoms with Gasteiger partial charge in [-0.3, -0.25) is 4.79 Å². The number of esters is 1. The summed E-state index contributed by atoms with van der Waals surface area (Å²) in [5, 5.41) is 0.652. The Morgan fingerprint density at radius 1 is 1.00 bits per heavy atom. The van der Waals surface area contributed by atoms with E-state index in [1.807, 2.05) is 18.2 Å². The Morgan fingerprint density at radius 3 is 2.42 bits per heavy atom. The maximum atomic E-state index is 12.2. The van der Waals surface area contributed by atoms with Gasteiger partial charge in [-0.1, -0.05) is 48.0 Å². The second-order valence-corrected chi connectivity index (χ2v) is 5.40. The number of halogens is 1. The summed E-state index contributed by atoms with van der Waals surface area (Å²) in [7, 11) is 0. The topological polar surface area (TPSA) is 43.4 Å². The van der Waals surface area contributed by atoms with Gasteiger partial charge < -0.3 is 4.74 Å². The molecule has 2 aromatic carbocycles. The minimum atomic E-state index is -0.406. The zero-order chi connectivity index (χ0) is 17.4. The Morgan fingerprint density at radius 2 is 1.71 bits per heavy atom. The van der Waals surface area contributed by atoms with Crippen LogP contribution < -0.4 is 0 Å². The first-order valence-corrected chi connectivity index (χ1v) is 7.89. The smallest absolute Gasteiger partial charge is 0.330 e. The first-order chi connectivity index (χ1) is 11.6. The molecule has 3 nitrogen and oxygen atoms in total. The third-order valence-electron chi connectivity index (χ3n) is 3.17. The van der Waals surface area contributed by atoms with Crippen LogP contribution in [0, 0.1) is 0 Å². The predicted molar refractivity (Wildman–Crippen MR) is 96.9 cm³/mol. The molecular formula is C20H17ClO3. The highest BCUT2D eigenvalue weighted by atomic mass is 35.5. The molecule has 0 aromatic heterocycles. The average molecular weight is 341 g/mol. The van der Waals surface area contributed by atoms with Crippen molar-refractivity contribution in [2.75, 3.05) is 6.61 Å². The summed E-state index contributed by atoms with van der Waals surface area (Å²) >= 11 is 5.83. The molecule has 2 rings (SSSR count). The first-order valence-electron chi connectivity index (χ1n) is 7.51. The number of hydrogen-bond acceptors (Lipinski definition) is 3. The quantitative estimate of drug-likeness (QED) is 0.430. The van der Waals surface area contributed by atoms with Crippen LogP contribution in [0.5, 0.6) is 0 Å². The number of ketones is 1. The van der Waals surface area contributed by atoms with E-state index in [1.165, 1.54) is 12.2 Å². The molecule has 0 fully saturated rings. The van der Waals surface area contributed by atoms with Crippen molar-refractivity contribution in [2.45, 2.75) is 6.92 Å². The maximum Gasteiger partial charge on any atom is 0.330 e. The molecule has 24 heavy (non-hydrogen) atoms. The number of carbonyl (C=O) groups excluding carboxylic acids is 2. The van der Waals surface area contributed by atoms with Crippen molar-refractivity contribution in [3.8, 4) is 0 Å². The van der Waals surface area contributed by atoms with Gasteiger partial charge in [-0.25, -0.2) is 4.79 Å². The fourth-order valence-electron chi connectivity index (χ4n) is 1.99. The number of rotatable bonds is 6. The standard InChI is InChI=1S/C20H17ClO3/c1-2-24-20(23)13-9-16-4-3-5-17(14-16)19(22)12-8-15-6-10-18(21)11-7-15/h3-14H,2H2,1H3. The fraction of sp³-hybridized carbons (Fsp3) is 0.100. The van der Waals surface area contributed by atoms with Crippen molar-refractivity contribution in [3.05, 3.63) is 82.4 Å². The van der Waals surface area contributed by atoms with Gasteiger partial charge in [0.2, 0.25) is 0 Å². The van der Waals surface area contributed by atoms with Gasteiger partial charge in [-0.05, 0) is 48.4 Å². The van der Waals surface area contributed by atoms with Crippen LogP contribution >= 0.6 is 11.6 Å². The van der Waals surface area contributed by atoms with Crippen LogP contribution in [0.25, 0.3) is 12.2 Å². The summed E-state index contributed by atoms with van der Waals surface area (Å²) < 4.78 is 4.82. The SMILES string of the molecule is CCOC(=O)C=Cc1cccc(C(=O)C=Cc2ccc(Cl)cc2)c1. The average Bonchev–Trinajstić information content (AvgIpc) is 2.60. The lowest BCUT2D eigenvalue weighted by Crippen LogP contribution is -1.99. The molecule has 2 aromatic rings. The lowest BCUT2D eigenvalue weighted by Gasteiger charge is -1.99. The van der Waals surface area contributed by atoms with Crippen LogP contribution in [0.4, 0.5) is 0 Å². The highest BCUT2D eigenvalue weighted by molar-refractivity contribution is 6.30. The summed E-state index contributed by atoms with van der Waals surface area (Å²) in [4.78, 5) is 23.6. The number of benzene rings is 2. The second-order valence-electron chi connectivity index (χ2n) is 4.96. The molecule has 0 aliphatic rings. The van der Waals surface area contributed by atoms with Crippen LogP contribution in [-0.2, 0) is 9.53 Å². The Labute approximate surface area is 146 Å². The zero-order valence-corrected chi connectivity index (χ0v) is 14.0. The molecule has 0 unspecified atom stereocenters. The van der Waals surface area contributed by atoms with Gasteiger partial charge >= 0.3 is 5.97 Å². The number of ether oxygens (including phenoxy) is 1. The molecule has 0 aliphatic heterocycles. The molecule has 0 aliphatic carbocycles. The highest BCUT2D eigenvalue weighted by Gasteiger charge is 2.02. The molecule has 0 bridgehead atoms. The molecule has 122 valence electrons. The minimum absolute atomic E-state index is 0.115. The summed E-state index contributed by atoms with van der Waals surface area (Å²) in [5.74, 6) is -0.520. The Kier molecular flexibility index (Phi) is 6.52. The van der Waals surface area contributed by atoms with Crippen molar-refractivity contribution in [3.63, 3.8) is 0 Å². The third-order valence-corrected chi connectivity index (χ3v) is 3.42. The van der Waals surface area contributed by atoms with Gasteiger partial charge in [0.1, 0.15) is 0 Å². The van der Waals surface area contributed by atoms with E-state index >= 15 is 0 Å². The van der Waals surface area contributed by atoms with E-state index in [-0.39, 0.29) is 5.78 Å². The largest absolute Gasteiger partial charge is 0.463 e. The zero-order valence-electron chi connectivity index (χ0n) is 13.2. The third kappa shape index (κ3) is 5.52. The van der Waals surface area contributed by atoms with Crippen molar-refractivity contribution in [1.29, 1.82) is 0 Å². The van der Waals surface area contributed by atoms with Crippen LogP contribution in [0.2, 0.25) is 5.02 Å². The Bertz CT molecular complexity index is 774. The number of allylic oxidation sites excluding steroid dienone is 1. The van der Waals surface area contributed by atoms with Gasteiger partial charge in [0.25, 0.3) is 0 Å². The molecule has 0 saturated carbocycles. The summed E-state index contributed by atoms with van der Waals surface area (Å²) in [6, 6.07) is 14.3. The molecular weight excluding hydrogens is 324 g/mol. The van der Waals surface area contributed by atoms with Crippen LogP contribution in [0.1, 0.15) is 28.4 Å². The van der Waals surface area contributed by atoms with Gasteiger partial charge in [-0.15, -0.1) is 0 Å². The van der Waals surface area contributed by atoms with Crippen molar-refractivity contribution in [2.24, 2.45) is 0 Å². The van der Waals surface area contributed by atoms with E-state index < -0.39 is 5.97 Å². The van der Waals surface area contributed by atoms with E-state index in [4.69, 9.17) is 16.3 Å².